The number of hydrogen-bond donors (Lipinski definition) is 2. The second kappa shape index (κ2) is 4.63. The lowest BCUT2D eigenvalue weighted by molar-refractivity contribution is 0.409. The lowest BCUT2D eigenvalue weighted by Gasteiger charge is -2.19. The molecule has 0 bridgehead atoms. The Hall–Kier alpha value is -0.0800. The maximum Gasteiger partial charge on any atom is 0.0218 e. The minimum atomic E-state index is 0.728. The molecule has 1 aliphatic heterocycles. The second-order valence-electron chi connectivity index (χ2n) is 5.35. The zero-order valence-electron chi connectivity index (χ0n) is 9.55. The van der Waals surface area contributed by atoms with E-state index in [1.54, 1.807) is 0 Å². The van der Waals surface area contributed by atoms with Crippen molar-refractivity contribution in [3.8, 4) is 0 Å². The minimum absolute atomic E-state index is 0.728. The molecule has 0 radical (unpaired) electrons. The Morgan fingerprint density at radius 3 is 2.64 bits per heavy atom. The van der Waals surface area contributed by atoms with Gasteiger partial charge in [0.25, 0.3) is 0 Å². The molecule has 0 aromatic heterocycles. The molecule has 4 unspecified atom stereocenters. The SMILES string of the molecule is CC1CCC(NCC2NCCC2C)C1. The normalized spacial score (nSPS) is 43.3. The van der Waals surface area contributed by atoms with Crippen molar-refractivity contribution >= 4 is 0 Å². The van der Waals surface area contributed by atoms with Gasteiger partial charge >= 0.3 is 0 Å². The second-order valence-corrected chi connectivity index (χ2v) is 5.35. The number of nitrogens with one attached hydrogen (secondary N) is 2. The lowest BCUT2D eigenvalue weighted by Crippen LogP contribution is -2.40. The molecule has 0 aromatic rings. The zero-order chi connectivity index (χ0) is 9.97. The number of rotatable bonds is 3. The van der Waals surface area contributed by atoms with Gasteiger partial charge in [0.1, 0.15) is 0 Å². The van der Waals surface area contributed by atoms with E-state index in [0.29, 0.717) is 0 Å². The largest absolute Gasteiger partial charge is 0.312 e. The van der Waals surface area contributed by atoms with E-state index in [-0.39, 0.29) is 0 Å². The standard InChI is InChI=1S/C12H24N2/c1-9-3-4-11(7-9)14-8-12-10(2)5-6-13-12/h9-14H,3-8H2,1-2H3. The Balaban J connectivity index is 1.67. The third-order valence-electron chi connectivity index (χ3n) is 4.01. The van der Waals surface area contributed by atoms with Crippen LogP contribution in [0.1, 0.15) is 39.5 Å². The molecule has 14 heavy (non-hydrogen) atoms. The summed E-state index contributed by atoms with van der Waals surface area (Å²) in [6.45, 7) is 7.13. The van der Waals surface area contributed by atoms with Crippen LogP contribution in [0.5, 0.6) is 0 Å². The fourth-order valence-electron chi connectivity index (χ4n) is 2.86. The minimum Gasteiger partial charge on any atom is -0.312 e. The van der Waals surface area contributed by atoms with Crippen molar-refractivity contribution in [3.05, 3.63) is 0 Å². The molecule has 2 N–H and O–H groups in total. The Morgan fingerprint density at radius 2 is 2.07 bits per heavy atom. The molecule has 1 heterocycles. The summed E-state index contributed by atoms with van der Waals surface area (Å²) in [7, 11) is 0. The van der Waals surface area contributed by atoms with Crippen molar-refractivity contribution in [2.75, 3.05) is 13.1 Å². The van der Waals surface area contributed by atoms with Gasteiger partial charge in [0.05, 0.1) is 0 Å². The average Bonchev–Trinajstić information content (AvgIpc) is 2.72. The van der Waals surface area contributed by atoms with Gasteiger partial charge in [0.15, 0.2) is 0 Å². The molecule has 2 aliphatic rings. The molecule has 2 nitrogen and oxygen atoms in total. The highest BCUT2D eigenvalue weighted by molar-refractivity contribution is 4.85. The van der Waals surface area contributed by atoms with Gasteiger partial charge < -0.3 is 10.6 Å². The van der Waals surface area contributed by atoms with Crippen LogP contribution in [0.25, 0.3) is 0 Å². The molecule has 1 saturated carbocycles. The quantitative estimate of drug-likeness (QED) is 0.719. The van der Waals surface area contributed by atoms with Gasteiger partial charge in [-0.05, 0) is 44.1 Å². The van der Waals surface area contributed by atoms with E-state index in [1.165, 1.54) is 38.8 Å². The summed E-state index contributed by atoms with van der Waals surface area (Å²) in [4.78, 5) is 0. The van der Waals surface area contributed by atoms with Crippen molar-refractivity contribution < 1.29 is 0 Å². The first-order valence-electron chi connectivity index (χ1n) is 6.22. The van der Waals surface area contributed by atoms with Crippen molar-refractivity contribution in [3.63, 3.8) is 0 Å². The molecule has 1 aliphatic carbocycles. The Labute approximate surface area is 87.8 Å². The fraction of sp³-hybridized carbons (Fsp3) is 1.00. The summed E-state index contributed by atoms with van der Waals surface area (Å²) in [5.74, 6) is 1.81. The fourth-order valence-corrected chi connectivity index (χ4v) is 2.86. The van der Waals surface area contributed by atoms with Crippen LogP contribution in [0.4, 0.5) is 0 Å². The molecule has 4 atom stereocenters. The number of hydrogen-bond acceptors (Lipinski definition) is 2. The van der Waals surface area contributed by atoms with Gasteiger partial charge in [0.2, 0.25) is 0 Å². The van der Waals surface area contributed by atoms with E-state index >= 15 is 0 Å². The van der Waals surface area contributed by atoms with Gasteiger partial charge in [-0.3, -0.25) is 0 Å². The monoisotopic (exact) mass is 196 g/mol. The van der Waals surface area contributed by atoms with Crippen LogP contribution in [0.3, 0.4) is 0 Å². The summed E-state index contributed by atoms with van der Waals surface area (Å²) < 4.78 is 0. The Bertz CT molecular complexity index is 181. The predicted molar refractivity (Wildman–Crippen MR) is 60.4 cm³/mol. The summed E-state index contributed by atoms with van der Waals surface area (Å²) in [5.41, 5.74) is 0. The third-order valence-corrected chi connectivity index (χ3v) is 4.01. The first kappa shape index (κ1) is 10.4. The third kappa shape index (κ3) is 2.48. The maximum atomic E-state index is 3.72. The van der Waals surface area contributed by atoms with E-state index in [9.17, 15) is 0 Å². The summed E-state index contributed by atoms with van der Waals surface area (Å²) in [6.07, 6.45) is 5.56. The molecule has 2 fully saturated rings. The van der Waals surface area contributed by atoms with Crippen LogP contribution < -0.4 is 10.6 Å². The molecule has 2 rings (SSSR count). The van der Waals surface area contributed by atoms with Crippen molar-refractivity contribution in [1.82, 2.24) is 10.6 Å². The molecule has 0 amide bonds. The molecule has 1 saturated heterocycles. The van der Waals surface area contributed by atoms with Gasteiger partial charge in [-0.2, -0.15) is 0 Å². The van der Waals surface area contributed by atoms with E-state index in [2.05, 4.69) is 24.5 Å². The van der Waals surface area contributed by atoms with Crippen LogP contribution in [-0.2, 0) is 0 Å². The molecule has 82 valence electrons. The molecule has 0 spiro atoms. The highest BCUT2D eigenvalue weighted by Gasteiger charge is 2.25. The van der Waals surface area contributed by atoms with Gasteiger partial charge in [-0.1, -0.05) is 13.8 Å². The highest BCUT2D eigenvalue weighted by atomic mass is 15.0. The van der Waals surface area contributed by atoms with E-state index in [4.69, 9.17) is 0 Å². The van der Waals surface area contributed by atoms with Gasteiger partial charge in [0, 0.05) is 18.6 Å². The Kier molecular flexibility index (Phi) is 3.45. The van der Waals surface area contributed by atoms with E-state index < -0.39 is 0 Å². The van der Waals surface area contributed by atoms with Crippen LogP contribution in [0.2, 0.25) is 0 Å². The van der Waals surface area contributed by atoms with E-state index in [0.717, 1.165) is 23.9 Å². The van der Waals surface area contributed by atoms with Crippen molar-refractivity contribution in [2.45, 2.75) is 51.6 Å². The van der Waals surface area contributed by atoms with Gasteiger partial charge in [-0.15, -0.1) is 0 Å². The zero-order valence-corrected chi connectivity index (χ0v) is 9.55. The lowest BCUT2D eigenvalue weighted by atomic mass is 10.0. The van der Waals surface area contributed by atoms with Crippen LogP contribution in [0.15, 0.2) is 0 Å². The summed E-state index contributed by atoms with van der Waals surface area (Å²) in [5, 5.41) is 7.30. The van der Waals surface area contributed by atoms with Crippen LogP contribution in [0, 0.1) is 11.8 Å². The van der Waals surface area contributed by atoms with Crippen LogP contribution >= 0.6 is 0 Å². The smallest absolute Gasteiger partial charge is 0.0218 e. The summed E-state index contributed by atoms with van der Waals surface area (Å²) in [6, 6.07) is 1.53. The first-order chi connectivity index (χ1) is 6.75. The van der Waals surface area contributed by atoms with Crippen molar-refractivity contribution in [2.24, 2.45) is 11.8 Å². The Morgan fingerprint density at radius 1 is 1.21 bits per heavy atom. The first-order valence-corrected chi connectivity index (χ1v) is 6.22. The van der Waals surface area contributed by atoms with Crippen LogP contribution in [-0.4, -0.2) is 25.2 Å². The molecular weight excluding hydrogens is 172 g/mol. The molecule has 0 aromatic carbocycles. The predicted octanol–water partition coefficient (Wildman–Crippen LogP) is 1.76. The highest BCUT2D eigenvalue weighted by Crippen LogP contribution is 2.24. The topological polar surface area (TPSA) is 24.1 Å². The maximum absolute atomic E-state index is 3.72. The summed E-state index contributed by atoms with van der Waals surface area (Å²) >= 11 is 0. The van der Waals surface area contributed by atoms with E-state index in [1.807, 2.05) is 0 Å². The van der Waals surface area contributed by atoms with Gasteiger partial charge in [-0.25, -0.2) is 0 Å². The van der Waals surface area contributed by atoms with Crippen molar-refractivity contribution in [1.29, 1.82) is 0 Å². The molecular formula is C12H24N2. The molecule has 2 heteroatoms. The average molecular weight is 196 g/mol.